The molecule has 23 heavy (non-hydrogen) atoms. The van der Waals surface area contributed by atoms with Crippen LogP contribution in [0.5, 0.6) is 5.75 Å². The molecule has 0 aliphatic heterocycles. The molecule has 3 rings (SSSR count). The van der Waals surface area contributed by atoms with Crippen LogP contribution in [0.1, 0.15) is 36.8 Å². The van der Waals surface area contributed by atoms with E-state index < -0.39 is 0 Å². The Morgan fingerprint density at radius 1 is 0.913 bits per heavy atom. The van der Waals surface area contributed by atoms with Gasteiger partial charge in [0.2, 0.25) is 0 Å². The average Bonchev–Trinajstić information content (AvgIpc) is 2.61. The minimum Gasteiger partial charge on any atom is -0.489 e. The molecule has 0 heterocycles. The maximum absolute atomic E-state index is 6.02. The van der Waals surface area contributed by atoms with Crippen molar-refractivity contribution in [2.45, 2.75) is 50.9 Å². The Balaban J connectivity index is 1.55. The quantitative estimate of drug-likeness (QED) is 0.856. The van der Waals surface area contributed by atoms with Crippen LogP contribution in [0.25, 0.3) is 0 Å². The van der Waals surface area contributed by atoms with Gasteiger partial charge in [-0.3, -0.25) is 0 Å². The molecule has 1 aliphatic carbocycles. The molecular formula is C20H26N2O. The number of rotatable bonds is 6. The van der Waals surface area contributed by atoms with E-state index in [0.29, 0.717) is 18.7 Å². The molecule has 3 N–H and O–H groups in total. The highest BCUT2D eigenvalue weighted by molar-refractivity contribution is 5.33. The second kappa shape index (κ2) is 8.14. The molecule has 0 unspecified atom stereocenters. The van der Waals surface area contributed by atoms with E-state index in [1.807, 2.05) is 24.3 Å². The van der Waals surface area contributed by atoms with Crippen LogP contribution in [-0.4, -0.2) is 12.1 Å². The first kappa shape index (κ1) is 16.0. The monoisotopic (exact) mass is 310 g/mol. The van der Waals surface area contributed by atoms with Crippen LogP contribution < -0.4 is 15.8 Å². The number of hydrogen-bond acceptors (Lipinski definition) is 3. The summed E-state index contributed by atoms with van der Waals surface area (Å²) >= 11 is 0. The van der Waals surface area contributed by atoms with Gasteiger partial charge >= 0.3 is 0 Å². The first-order valence-corrected chi connectivity index (χ1v) is 8.55. The lowest BCUT2D eigenvalue weighted by Gasteiger charge is -2.27. The summed E-state index contributed by atoms with van der Waals surface area (Å²) in [5.74, 6) is 0.969. The molecule has 0 spiro atoms. The van der Waals surface area contributed by atoms with Gasteiger partial charge in [-0.2, -0.15) is 0 Å². The molecule has 0 saturated heterocycles. The Morgan fingerprint density at radius 2 is 1.61 bits per heavy atom. The molecular weight excluding hydrogens is 284 g/mol. The number of ether oxygens (including phenoxy) is 1. The Kier molecular flexibility index (Phi) is 5.67. The minimum absolute atomic E-state index is 0.398. The van der Waals surface area contributed by atoms with Gasteiger partial charge in [0.15, 0.2) is 0 Å². The molecule has 2 aromatic rings. The van der Waals surface area contributed by atoms with Gasteiger partial charge in [-0.1, -0.05) is 48.5 Å². The molecule has 3 heteroatoms. The van der Waals surface area contributed by atoms with E-state index in [9.17, 15) is 0 Å². The SMILES string of the molecule is NC1CCC(NCc2ccccc2OCc2ccccc2)CC1. The van der Waals surface area contributed by atoms with Gasteiger partial charge < -0.3 is 15.8 Å². The molecule has 122 valence electrons. The van der Waals surface area contributed by atoms with E-state index in [1.165, 1.54) is 24.0 Å². The van der Waals surface area contributed by atoms with Gasteiger partial charge in [0.1, 0.15) is 12.4 Å². The number of nitrogens with two attached hydrogens (primary N) is 1. The van der Waals surface area contributed by atoms with Gasteiger partial charge in [-0.15, -0.1) is 0 Å². The zero-order valence-electron chi connectivity index (χ0n) is 13.6. The third kappa shape index (κ3) is 4.81. The van der Waals surface area contributed by atoms with Crippen molar-refractivity contribution >= 4 is 0 Å². The fourth-order valence-corrected chi connectivity index (χ4v) is 3.10. The van der Waals surface area contributed by atoms with Crippen LogP contribution in [0.4, 0.5) is 0 Å². The number of para-hydroxylation sites is 1. The Morgan fingerprint density at radius 3 is 2.39 bits per heavy atom. The summed E-state index contributed by atoms with van der Waals surface area (Å²) in [4.78, 5) is 0. The maximum Gasteiger partial charge on any atom is 0.124 e. The van der Waals surface area contributed by atoms with Crippen molar-refractivity contribution in [3.63, 3.8) is 0 Å². The van der Waals surface area contributed by atoms with E-state index in [-0.39, 0.29) is 0 Å². The van der Waals surface area contributed by atoms with E-state index in [2.05, 4.69) is 35.6 Å². The second-order valence-corrected chi connectivity index (χ2v) is 6.37. The highest BCUT2D eigenvalue weighted by Gasteiger charge is 2.18. The van der Waals surface area contributed by atoms with Crippen LogP contribution in [0.2, 0.25) is 0 Å². The molecule has 0 bridgehead atoms. The van der Waals surface area contributed by atoms with Gasteiger partial charge in [-0.25, -0.2) is 0 Å². The van der Waals surface area contributed by atoms with E-state index in [4.69, 9.17) is 10.5 Å². The summed E-state index contributed by atoms with van der Waals surface area (Å²) < 4.78 is 6.02. The van der Waals surface area contributed by atoms with Gasteiger partial charge in [0.05, 0.1) is 0 Å². The standard InChI is InChI=1S/C20H26N2O/c21-18-10-12-19(13-11-18)22-14-17-8-4-5-9-20(17)23-15-16-6-2-1-3-7-16/h1-9,18-19,22H,10-15,21H2. The number of benzene rings is 2. The fourth-order valence-electron chi connectivity index (χ4n) is 3.10. The summed E-state index contributed by atoms with van der Waals surface area (Å²) in [5, 5.41) is 3.66. The van der Waals surface area contributed by atoms with Crippen molar-refractivity contribution in [1.29, 1.82) is 0 Å². The van der Waals surface area contributed by atoms with Gasteiger partial charge in [-0.05, 0) is 37.3 Å². The average molecular weight is 310 g/mol. The molecule has 0 aromatic heterocycles. The Bertz CT molecular complexity index is 592. The summed E-state index contributed by atoms with van der Waals surface area (Å²) in [6.45, 7) is 1.46. The fraction of sp³-hybridized carbons (Fsp3) is 0.400. The van der Waals surface area contributed by atoms with Crippen LogP contribution in [0, 0.1) is 0 Å². The molecule has 2 aromatic carbocycles. The van der Waals surface area contributed by atoms with Crippen molar-refractivity contribution in [1.82, 2.24) is 5.32 Å². The van der Waals surface area contributed by atoms with Gasteiger partial charge in [0, 0.05) is 24.2 Å². The van der Waals surface area contributed by atoms with Crippen LogP contribution in [0.3, 0.4) is 0 Å². The van der Waals surface area contributed by atoms with Crippen molar-refractivity contribution in [2.24, 2.45) is 5.73 Å². The van der Waals surface area contributed by atoms with Crippen LogP contribution in [-0.2, 0) is 13.2 Å². The summed E-state index contributed by atoms with van der Waals surface area (Å²) in [7, 11) is 0. The van der Waals surface area contributed by atoms with Crippen molar-refractivity contribution < 1.29 is 4.74 Å². The predicted molar refractivity (Wildman–Crippen MR) is 94.3 cm³/mol. The van der Waals surface area contributed by atoms with Crippen LogP contribution in [0.15, 0.2) is 54.6 Å². The van der Waals surface area contributed by atoms with Gasteiger partial charge in [0.25, 0.3) is 0 Å². The molecule has 0 amide bonds. The number of nitrogens with one attached hydrogen (secondary N) is 1. The predicted octanol–water partition coefficient (Wildman–Crippen LogP) is 3.63. The molecule has 1 aliphatic rings. The highest BCUT2D eigenvalue weighted by atomic mass is 16.5. The molecule has 1 saturated carbocycles. The Hall–Kier alpha value is -1.84. The lowest BCUT2D eigenvalue weighted by Crippen LogP contribution is -2.37. The first-order chi connectivity index (χ1) is 11.3. The first-order valence-electron chi connectivity index (χ1n) is 8.55. The molecule has 0 atom stereocenters. The normalized spacial score (nSPS) is 21.1. The molecule has 1 fully saturated rings. The van der Waals surface area contributed by atoms with Crippen molar-refractivity contribution in [2.75, 3.05) is 0 Å². The molecule has 0 radical (unpaired) electrons. The number of hydrogen-bond donors (Lipinski definition) is 2. The van der Waals surface area contributed by atoms with Crippen molar-refractivity contribution in [3.05, 3.63) is 65.7 Å². The molecule has 3 nitrogen and oxygen atoms in total. The highest BCUT2D eigenvalue weighted by Crippen LogP contribution is 2.21. The maximum atomic E-state index is 6.02. The zero-order chi connectivity index (χ0) is 15.9. The van der Waals surface area contributed by atoms with Crippen molar-refractivity contribution in [3.8, 4) is 5.75 Å². The second-order valence-electron chi connectivity index (χ2n) is 6.37. The van der Waals surface area contributed by atoms with E-state index in [1.54, 1.807) is 0 Å². The summed E-state index contributed by atoms with van der Waals surface area (Å²) in [6, 6.07) is 19.6. The Labute approximate surface area is 138 Å². The van der Waals surface area contributed by atoms with E-state index >= 15 is 0 Å². The van der Waals surface area contributed by atoms with E-state index in [0.717, 1.165) is 25.1 Å². The topological polar surface area (TPSA) is 47.3 Å². The lowest BCUT2D eigenvalue weighted by atomic mass is 9.92. The largest absolute Gasteiger partial charge is 0.489 e. The smallest absolute Gasteiger partial charge is 0.124 e. The summed E-state index contributed by atoms with van der Waals surface area (Å²) in [6.07, 6.45) is 4.61. The zero-order valence-corrected chi connectivity index (χ0v) is 13.6. The third-order valence-electron chi connectivity index (χ3n) is 4.56. The van der Waals surface area contributed by atoms with Crippen LogP contribution >= 0.6 is 0 Å². The lowest BCUT2D eigenvalue weighted by molar-refractivity contribution is 0.298. The minimum atomic E-state index is 0.398. The third-order valence-corrected chi connectivity index (χ3v) is 4.56. The summed E-state index contributed by atoms with van der Waals surface area (Å²) in [5.41, 5.74) is 8.39.